The highest BCUT2D eigenvalue weighted by atomic mass is 32.2. The van der Waals surface area contributed by atoms with Crippen molar-refractivity contribution in [3.63, 3.8) is 0 Å². The minimum Gasteiger partial charge on any atom is -0.369 e. The molecule has 128 valence electrons. The number of hydrogen-bond donors (Lipinski definition) is 1. The van der Waals surface area contributed by atoms with Gasteiger partial charge in [-0.05, 0) is 43.4 Å². The Morgan fingerprint density at radius 2 is 1.91 bits per heavy atom. The topological polar surface area (TPSA) is 52.7 Å². The minimum atomic E-state index is -3.22. The molecule has 2 fully saturated rings. The second kappa shape index (κ2) is 7.09. The summed E-state index contributed by atoms with van der Waals surface area (Å²) >= 11 is 0. The SMILES string of the molecule is CCCS(=O)(=O)Nc1cccc(N2CCN(CC3CC3)CC2)c1. The number of nitrogens with zero attached hydrogens (tertiary/aromatic N) is 2. The summed E-state index contributed by atoms with van der Waals surface area (Å²) in [6.07, 6.45) is 3.43. The predicted molar refractivity (Wildman–Crippen MR) is 95.5 cm³/mol. The Balaban J connectivity index is 1.59. The van der Waals surface area contributed by atoms with E-state index in [1.54, 1.807) is 0 Å². The molecule has 5 nitrogen and oxygen atoms in total. The van der Waals surface area contributed by atoms with Crippen LogP contribution in [0.25, 0.3) is 0 Å². The van der Waals surface area contributed by atoms with E-state index in [4.69, 9.17) is 0 Å². The van der Waals surface area contributed by atoms with E-state index >= 15 is 0 Å². The maximum absolute atomic E-state index is 11.9. The molecule has 23 heavy (non-hydrogen) atoms. The first kappa shape index (κ1) is 16.6. The first-order valence-corrected chi connectivity index (χ1v) is 10.3. The molecule has 0 bridgehead atoms. The van der Waals surface area contributed by atoms with Crippen LogP contribution in [0.15, 0.2) is 24.3 Å². The summed E-state index contributed by atoms with van der Waals surface area (Å²) in [5, 5.41) is 0. The molecular weight excluding hydrogens is 310 g/mol. The van der Waals surface area contributed by atoms with Crippen LogP contribution in [0.5, 0.6) is 0 Å². The molecule has 1 heterocycles. The monoisotopic (exact) mass is 337 g/mol. The third kappa shape index (κ3) is 4.85. The highest BCUT2D eigenvalue weighted by Gasteiger charge is 2.26. The Morgan fingerprint density at radius 1 is 1.17 bits per heavy atom. The van der Waals surface area contributed by atoms with E-state index < -0.39 is 10.0 Å². The third-order valence-corrected chi connectivity index (χ3v) is 6.04. The van der Waals surface area contributed by atoms with Crippen LogP contribution in [0.3, 0.4) is 0 Å². The van der Waals surface area contributed by atoms with Crippen LogP contribution in [-0.2, 0) is 10.0 Å². The first-order valence-electron chi connectivity index (χ1n) is 8.63. The van der Waals surface area contributed by atoms with Crippen LogP contribution in [0.1, 0.15) is 26.2 Å². The van der Waals surface area contributed by atoms with Crippen molar-refractivity contribution in [1.82, 2.24) is 4.90 Å². The predicted octanol–water partition coefficient (Wildman–Crippen LogP) is 2.37. The lowest BCUT2D eigenvalue weighted by atomic mass is 10.2. The Kier molecular flexibility index (Phi) is 5.11. The summed E-state index contributed by atoms with van der Waals surface area (Å²) in [7, 11) is -3.22. The van der Waals surface area contributed by atoms with Gasteiger partial charge in [-0.2, -0.15) is 0 Å². The van der Waals surface area contributed by atoms with Gasteiger partial charge in [0.15, 0.2) is 0 Å². The molecule has 0 aromatic heterocycles. The molecule has 0 spiro atoms. The van der Waals surface area contributed by atoms with Crippen molar-refractivity contribution in [3.05, 3.63) is 24.3 Å². The van der Waals surface area contributed by atoms with Crippen LogP contribution in [-0.4, -0.2) is 51.8 Å². The van der Waals surface area contributed by atoms with E-state index in [-0.39, 0.29) is 5.75 Å². The largest absolute Gasteiger partial charge is 0.369 e. The van der Waals surface area contributed by atoms with Crippen molar-refractivity contribution in [3.8, 4) is 0 Å². The van der Waals surface area contributed by atoms with Gasteiger partial charge >= 0.3 is 0 Å². The Morgan fingerprint density at radius 3 is 2.57 bits per heavy atom. The molecule has 1 aromatic carbocycles. The summed E-state index contributed by atoms with van der Waals surface area (Å²) in [5.41, 5.74) is 1.77. The van der Waals surface area contributed by atoms with E-state index in [0.29, 0.717) is 12.1 Å². The van der Waals surface area contributed by atoms with Crippen LogP contribution in [0.2, 0.25) is 0 Å². The molecule has 6 heteroatoms. The lowest BCUT2D eigenvalue weighted by Crippen LogP contribution is -2.47. The van der Waals surface area contributed by atoms with Gasteiger partial charge in [0, 0.05) is 38.4 Å². The van der Waals surface area contributed by atoms with E-state index in [1.807, 2.05) is 25.1 Å². The van der Waals surface area contributed by atoms with Gasteiger partial charge in [-0.3, -0.25) is 9.62 Å². The van der Waals surface area contributed by atoms with Crippen LogP contribution >= 0.6 is 0 Å². The molecule has 3 rings (SSSR count). The van der Waals surface area contributed by atoms with Crippen molar-refractivity contribution >= 4 is 21.4 Å². The molecule has 1 aromatic rings. The molecule has 2 aliphatic rings. The molecule has 1 aliphatic carbocycles. The molecule has 1 saturated carbocycles. The second-order valence-electron chi connectivity index (χ2n) is 6.70. The quantitative estimate of drug-likeness (QED) is 0.830. The first-order chi connectivity index (χ1) is 11.1. The van der Waals surface area contributed by atoms with Crippen molar-refractivity contribution < 1.29 is 8.42 Å². The maximum Gasteiger partial charge on any atom is 0.232 e. The second-order valence-corrected chi connectivity index (χ2v) is 8.54. The fourth-order valence-electron chi connectivity index (χ4n) is 3.12. The highest BCUT2D eigenvalue weighted by molar-refractivity contribution is 7.92. The summed E-state index contributed by atoms with van der Waals surface area (Å²) in [5.74, 6) is 1.11. The highest BCUT2D eigenvalue weighted by Crippen LogP contribution is 2.30. The number of anilines is 2. The zero-order valence-corrected chi connectivity index (χ0v) is 14.7. The van der Waals surface area contributed by atoms with E-state index in [1.165, 1.54) is 19.4 Å². The molecule has 0 unspecified atom stereocenters. The summed E-state index contributed by atoms with van der Waals surface area (Å²) in [4.78, 5) is 4.91. The Labute approximate surface area is 139 Å². The number of hydrogen-bond acceptors (Lipinski definition) is 4. The number of benzene rings is 1. The van der Waals surface area contributed by atoms with Crippen molar-refractivity contribution in [1.29, 1.82) is 0 Å². The van der Waals surface area contributed by atoms with Gasteiger partial charge in [-0.15, -0.1) is 0 Å². The molecular formula is C17H27N3O2S. The lowest BCUT2D eigenvalue weighted by molar-refractivity contribution is 0.248. The molecule has 1 N–H and O–H groups in total. The van der Waals surface area contributed by atoms with Gasteiger partial charge in [-0.25, -0.2) is 8.42 Å². The van der Waals surface area contributed by atoms with Crippen LogP contribution < -0.4 is 9.62 Å². The van der Waals surface area contributed by atoms with E-state index in [2.05, 4.69) is 20.6 Å². The zero-order valence-electron chi connectivity index (χ0n) is 13.9. The van der Waals surface area contributed by atoms with Gasteiger partial charge in [0.2, 0.25) is 10.0 Å². The van der Waals surface area contributed by atoms with Gasteiger partial charge in [0.25, 0.3) is 0 Å². The molecule has 0 radical (unpaired) electrons. The maximum atomic E-state index is 11.9. The number of piperazine rings is 1. The summed E-state index contributed by atoms with van der Waals surface area (Å²) in [6, 6.07) is 7.76. The number of sulfonamides is 1. The smallest absolute Gasteiger partial charge is 0.232 e. The number of rotatable bonds is 7. The molecule has 0 atom stereocenters. The number of nitrogens with one attached hydrogen (secondary N) is 1. The van der Waals surface area contributed by atoms with Crippen molar-refractivity contribution in [2.75, 3.05) is 48.1 Å². The van der Waals surface area contributed by atoms with Crippen molar-refractivity contribution in [2.45, 2.75) is 26.2 Å². The van der Waals surface area contributed by atoms with Gasteiger partial charge in [0.05, 0.1) is 11.4 Å². The molecule has 1 aliphatic heterocycles. The van der Waals surface area contributed by atoms with Crippen LogP contribution in [0, 0.1) is 5.92 Å². The fourth-order valence-corrected chi connectivity index (χ4v) is 4.25. The Bertz CT molecular complexity index is 620. The van der Waals surface area contributed by atoms with Gasteiger partial charge in [0.1, 0.15) is 0 Å². The summed E-state index contributed by atoms with van der Waals surface area (Å²) < 4.78 is 26.5. The zero-order chi connectivity index (χ0) is 16.3. The minimum absolute atomic E-state index is 0.164. The average molecular weight is 337 g/mol. The van der Waals surface area contributed by atoms with Gasteiger partial charge in [-0.1, -0.05) is 13.0 Å². The van der Waals surface area contributed by atoms with E-state index in [0.717, 1.165) is 37.8 Å². The molecule has 0 amide bonds. The lowest BCUT2D eigenvalue weighted by Gasteiger charge is -2.36. The summed E-state index contributed by atoms with van der Waals surface area (Å²) in [6.45, 7) is 7.35. The van der Waals surface area contributed by atoms with E-state index in [9.17, 15) is 8.42 Å². The third-order valence-electron chi connectivity index (χ3n) is 4.54. The van der Waals surface area contributed by atoms with Crippen molar-refractivity contribution in [2.24, 2.45) is 5.92 Å². The average Bonchev–Trinajstić information content (AvgIpc) is 3.32. The molecule has 1 saturated heterocycles. The van der Waals surface area contributed by atoms with Gasteiger partial charge < -0.3 is 4.90 Å². The Hall–Kier alpha value is -1.27. The van der Waals surface area contributed by atoms with Crippen LogP contribution in [0.4, 0.5) is 11.4 Å². The standard InChI is InChI=1S/C17H27N3O2S/c1-2-12-23(21,22)18-16-4-3-5-17(13-16)20-10-8-19(9-11-20)14-15-6-7-15/h3-5,13,15,18H,2,6-12,14H2,1H3. The normalized spacial score (nSPS) is 19.8. The fraction of sp³-hybridized carbons (Fsp3) is 0.647.